The first-order valence-electron chi connectivity index (χ1n) is 6.07. The van der Waals surface area contributed by atoms with E-state index in [9.17, 15) is 8.42 Å². The van der Waals surface area contributed by atoms with E-state index in [0.29, 0.717) is 6.42 Å². The van der Waals surface area contributed by atoms with Crippen molar-refractivity contribution in [2.45, 2.75) is 26.3 Å². The van der Waals surface area contributed by atoms with E-state index in [4.69, 9.17) is 0 Å². The molecule has 0 aliphatic rings. The van der Waals surface area contributed by atoms with Crippen molar-refractivity contribution in [3.05, 3.63) is 29.6 Å². The molecule has 1 rings (SSSR count). The number of aromatic nitrogens is 1. The van der Waals surface area contributed by atoms with Gasteiger partial charge in [0, 0.05) is 6.20 Å². The van der Waals surface area contributed by atoms with Gasteiger partial charge in [0.2, 0.25) is 10.0 Å². The van der Waals surface area contributed by atoms with Gasteiger partial charge >= 0.3 is 0 Å². The van der Waals surface area contributed by atoms with Gasteiger partial charge in [0.25, 0.3) is 0 Å². The van der Waals surface area contributed by atoms with Crippen LogP contribution in [0.5, 0.6) is 0 Å². The molecule has 0 atom stereocenters. The highest BCUT2D eigenvalue weighted by molar-refractivity contribution is 7.89. The van der Waals surface area contributed by atoms with Crippen LogP contribution in [0.1, 0.15) is 24.1 Å². The summed E-state index contributed by atoms with van der Waals surface area (Å²) in [5.74, 6) is 0.167. The van der Waals surface area contributed by atoms with Gasteiger partial charge in [-0.2, -0.15) is 0 Å². The van der Waals surface area contributed by atoms with Gasteiger partial charge in [-0.25, -0.2) is 13.1 Å². The Hall–Kier alpha value is -0.980. The molecule has 1 aromatic rings. The molecule has 102 valence electrons. The molecule has 0 amide bonds. The van der Waals surface area contributed by atoms with Crippen molar-refractivity contribution in [2.75, 3.05) is 19.3 Å². The van der Waals surface area contributed by atoms with Gasteiger partial charge in [0.05, 0.1) is 18.0 Å². The molecule has 0 fully saturated rings. The van der Waals surface area contributed by atoms with Gasteiger partial charge in [-0.1, -0.05) is 6.07 Å². The lowest BCUT2D eigenvalue weighted by molar-refractivity contribution is 0.574. The zero-order valence-corrected chi connectivity index (χ0v) is 11.8. The molecule has 5 nitrogen and oxygen atoms in total. The van der Waals surface area contributed by atoms with Crippen LogP contribution >= 0.6 is 0 Å². The lowest BCUT2D eigenvalue weighted by atomic mass is 10.2. The van der Waals surface area contributed by atoms with Gasteiger partial charge in [0.1, 0.15) is 0 Å². The number of nitrogens with one attached hydrogen (secondary N) is 2. The number of rotatable bonds is 8. The van der Waals surface area contributed by atoms with Crippen molar-refractivity contribution >= 4 is 10.0 Å². The van der Waals surface area contributed by atoms with Gasteiger partial charge in [-0.05, 0) is 45.0 Å². The minimum Gasteiger partial charge on any atom is -0.320 e. The maximum absolute atomic E-state index is 11.7. The Morgan fingerprint density at radius 3 is 2.78 bits per heavy atom. The fourth-order valence-electron chi connectivity index (χ4n) is 1.55. The summed E-state index contributed by atoms with van der Waals surface area (Å²) in [7, 11) is -1.34. The van der Waals surface area contributed by atoms with Crippen LogP contribution in [0.15, 0.2) is 18.3 Å². The van der Waals surface area contributed by atoms with Crippen molar-refractivity contribution in [1.82, 2.24) is 15.0 Å². The summed E-state index contributed by atoms with van der Waals surface area (Å²) in [5, 5.41) is 2.99. The molecule has 0 aliphatic heterocycles. The van der Waals surface area contributed by atoms with Gasteiger partial charge in [-0.3, -0.25) is 4.98 Å². The highest BCUT2D eigenvalue weighted by Gasteiger charge is 2.10. The predicted octanol–water partition coefficient (Wildman–Crippen LogP) is 0.809. The van der Waals surface area contributed by atoms with Crippen LogP contribution in [0, 0.1) is 6.92 Å². The Morgan fingerprint density at radius 1 is 1.33 bits per heavy atom. The second-order valence-electron chi connectivity index (χ2n) is 4.22. The van der Waals surface area contributed by atoms with Crippen molar-refractivity contribution in [3.8, 4) is 0 Å². The number of unbranched alkanes of at least 4 members (excludes halogenated alkanes) is 1. The van der Waals surface area contributed by atoms with E-state index < -0.39 is 10.0 Å². The molecular formula is C12H21N3O2S. The van der Waals surface area contributed by atoms with Crippen molar-refractivity contribution in [2.24, 2.45) is 0 Å². The average Bonchev–Trinajstić information content (AvgIpc) is 2.34. The molecule has 1 aromatic heterocycles. The minimum atomic E-state index is -3.19. The molecule has 18 heavy (non-hydrogen) atoms. The number of nitrogens with zero attached hydrogens (tertiary/aromatic N) is 1. The lowest BCUT2D eigenvalue weighted by Crippen LogP contribution is -2.27. The summed E-state index contributed by atoms with van der Waals surface area (Å²) in [5.41, 5.74) is 1.77. The van der Waals surface area contributed by atoms with Crippen LogP contribution in [0.25, 0.3) is 0 Å². The number of pyridine rings is 1. The summed E-state index contributed by atoms with van der Waals surface area (Å²) in [6, 6.07) is 3.76. The molecule has 0 radical (unpaired) electrons. The summed E-state index contributed by atoms with van der Waals surface area (Å²) >= 11 is 0. The molecule has 6 heteroatoms. The number of hydrogen-bond acceptors (Lipinski definition) is 4. The molecule has 0 aliphatic carbocycles. The second kappa shape index (κ2) is 7.45. The Bertz CT molecular complexity index is 460. The van der Waals surface area contributed by atoms with Crippen LogP contribution in [0.2, 0.25) is 0 Å². The highest BCUT2D eigenvalue weighted by Crippen LogP contribution is 2.03. The number of aryl methyl sites for hydroxylation is 1. The van der Waals surface area contributed by atoms with Gasteiger partial charge < -0.3 is 5.32 Å². The molecule has 0 saturated carbocycles. The van der Waals surface area contributed by atoms with E-state index in [2.05, 4.69) is 15.0 Å². The van der Waals surface area contributed by atoms with Crippen LogP contribution in [-0.2, 0) is 16.6 Å². The zero-order valence-electron chi connectivity index (χ0n) is 10.9. The Balaban J connectivity index is 2.40. The quantitative estimate of drug-likeness (QED) is 0.686. The third kappa shape index (κ3) is 5.57. The topological polar surface area (TPSA) is 71.1 Å². The van der Waals surface area contributed by atoms with E-state index in [1.54, 1.807) is 6.20 Å². The lowest BCUT2D eigenvalue weighted by Gasteiger charge is -2.07. The standard InChI is InChI=1S/C12H21N3O2S/c1-11-6-5-8-14-12(11)10-15-18(16,17)9-4-3-7-13-2/h5-6,8,13,15H,3-4,7,9-10H2,1-2H3. The second-order valence-corrected chi connectivity index (χ2v) is 6.14. The number of hydrogen-bond donors (Lipinski definition) is 2. The molecular weight excluding hydrogens is 250 g/mol. The first-order chi connectivity index (χ1) is 8.55. The third-order valence-corrected chi connectivity index (χ3v) is 4.08. The Kier molecular flexibility index (Phi) is 6.24. The van der Waals surface area contributed by atoms with Crippen LogP contribution < -0.4 is 10.0 Å². The maximum Gasteiger partial charge on any atom is 0.211 e. The summed E-state index contributed by atoms with van der Waals surface area (Å²) < 4.78 is 26.0. The van der Waals surface area contributed by atoms with Crippen molar-refractivity contribution < 1.29 is 8.42 Å². The smallest absolute Gasteiger partial charge is 0.211 e. The maximum atomic E-state index is 11.7. The van der Waals surface area contributed by atoms with E-state index in [0.717, 1.165) is 24.2 Å². The van der Waals surface area contributed by atoms with E-state index in [1.807, 2.05) is 26.1 Å². The molecule has 1 heterocycles. The van der Waals surface area contributed by atoms with Crippen LogP contribution in [-0.4, -0.2) is 32.7 Å². The highest BCUT2D eigenvalue weighted by atomic mass is 32.2. The third-order valence-electron chi connectivity index (χ3n) is 2.67. The molecule has 2 N–H and O–H groups in total. The molecule has 0 saturated heterocycles. The van der Waals surface area contributed by atoms with Crippen LogP contribution in [0.4, 0.5) is 0 Å². The first kappa shape index (κ1) is 15.1. The van der Waals surface area contributed by atoms with Gasteiger partial charge in [0.15, 0.2) is 0 Å². The average molecular weight is 271 g/mol. The Labute approximate surface area is 109 Å². The first-order valence-corrected chi connectivity index (χ1v) is 7.73. The summed E-state index contributed by atoms with van der Waals surface area (Å²) in [4.78, 5) is 4.15. The van der Waals surface area contributed by atoms with E-state index in [-0.39, 0.29) is 12.3 Å². The SMILES string of the molecule is CNCCCCS(=O)(=O)NCc1ncccc1C. The molecule has 0 aromatic carbocycles. The van der Waals surface area contributed by atoms with E-state index in [1.165, 1.54) is 0 Å². The summed E-state index contributed by atoms with van der Waals surface area (Å²) in [6.07, 6.45) is 3.20. The molecule has 0 spiro atoms. The normalized spacial score (nSPS) is 11.7. The van der Waals surface area contributed by atoms with Gasteiger partial charge in [-0.15, -0.1) is 0 Å². The van der Waals surface area contributed by atoms with Crippen molar-refractivity contribution in [1.29, 1.82) is 0 Å². The summed E-state index contributed by atoms with van der Waals surface area (Å²) in [6.45, 7) is 3.03. The monoisotopic (exact) mass is 271 g/mol. The fourth-order valence-corrected chi connectivity index (χ4v) is 2.63. The molecule has 0 bridgehead atoms. The zero-order chi connectivity index (χ0) is 13.4. The predicted molar refractivity (Wildman–Crippen MR) is 72.8 cm³/mol. The van der Waals surface area contributed by atoms with Crippen molar-refractivity contribution in [3.63, 3.8) is 0 Å². The van der Waals surface area contributed by atoms with Crippen LogP contribution in [0.3, 0.4) is 0 Å². The van der Waals surface area contributed by atoms with E-state index >= 15 is 0 Å². The fraction of sp³-hybridized carbons (Fsp3) is 0.583. The number of sulfonamides is 1. The Morgan fingerprint density at radius 2 is 2.11 bits per heavy atom. The molecule has 0 unspecified atom stereocenters. The minimum absolute atomic E-state index is 0.167. The largest absolute Gasteiger partial charge is 0.320 e.